The van der Waals surface area contributed by atoms with Crippen molar-refractivity contribution in [2.75, 3.05) is 13.1 Å². The van der Waals surface area contributed by atoms with Gasteiger partial charge in [0.1, 0.15) is 6.04 Å². The van der Waals surface area contributed by atoms with E-state index in [4.69, 9.17) is 0 Å². The second kappa shape index (κ2) is 8.96. The zero-order valence-corrected chi connectivity index (χ0v) is 15.8. The highest BCUT2D eigenvalue weighted by Gasteiger charge is 2.24. The fourth-order valence-corrected chi connectivity index (χ4v) is 3.88. The molecule has 0 saturated heterocycles. The van der Waals surface area contributed by atoms with Crippen LogP contribution in [0.1, 0.15) is 44.5 Å². The zero-order valence-electron chi connectivity index (χ0n) is 15.0. The molecule has 0 heterocycles. The first-order chi connectivity index (χ1) is 11.6. The first-order valence-electron chi connectivity index (χ1n) is 8.27. The molecule has 0 spiro atoms. The monoisotopic (exact) mass is 370 g/mol. The van der Waals surface area contributed by atoms with Crippen molar-refractivity contribution in [1.29, 1.82) is 0 Å². The summed E-state index contributed by atoms with van der Waals surface area (Å²) in [5.41, 5.74) is 0.216. The quantitative estimate of drug-likeness (QED) is 0.691. The van der Waals surface area contributed by atoms with E-state index >= 15 is 0 Å². The van der Waals surface area contributed by atoms with Gasteiger partial charge in [-0.3, -0.25) is 4.79 Å². The van der Waals surface area contributed by atoms with Gasteiger partial charge in [0.15, 0.2) is 0 Å². The van der Waals surface area contributed by atoms with Crippen molar-refractivity contribution >= 4 is 21.9 Å². The first-order valence-corrected chi connectivity index (χ1v) is 9.71. The lowest BCUT2D eigenvalue weighted by Gasteiger charge is -2.19. The maximum atomic E-state index is 12.4. The van der Waals surface area contributed by atoms with Gasteiger partial charge in [0.2, 0.25) is 10.0 Å². The number of carboxylic acids is 1. The van der Waals surface area contributed by atoms with Crippen molar-refractivity contribution in [2.45, 2.75) is 45.1 Å². The van der Waals surface area contributed by atoms with E-state index in [2.05, 4.69) is 5.32 Å². The molecule has 1 aromatic rings. The number of aliphatic carboxylic acids is 1. The van der Waals surface area contributed by atoms with E-state index < -0.39 is 27.9 Å². The third-order valence-electron chi connectivity index (χ3n) is 3.77. The summed E-state index contributed by atoms with van der Waals surface area (Å²) in [5, 5.41) is 11.7. The van der Waals surface area contributed by atoms with Gasteiger partial charge in [0, 0.05) is 18.7 Å². The molecule has 0 bridgehead atoms. The Morgan fingerprint density at radius 2 is 1.64 bits per heavy atom. The Hall–Kier alpha value is -1.93. The van der Waals surface area contributed by atoms with Crippen LogP contribution in [-0.2, 0) is 14.8 Å². The van der Waals surface area contributed by atoms with Crippen LogP contribution in [0.4, 0.5) is 0 Å². The second-order valence-electron chi connectivity index (χ2n) is 6.11. The van der Waals surface area contributed by atoms with E-state index in [1.165, 1.54) is 28.6 Å². The number of hydrogen-bond donors (Lipinski definition) is 2. The summed E-state index contributed by atoms with van der Waals surface area (Å²) in [7, 11) is -3.59. The molecule has 1 aromatic carbocycles. The van der Waals surface area contributed by atoms with Gasteiger partial charge in [-0.15, -0.1) is 0 Å². The van der Waals surface area contributed by atoms with Crippen LogP contribution in [0.15, 0.2) is 29.2 Å². The Bertz CT molecular complexity index is 694. The molecule has 2 N–H and O–H groups in total. The van der Waals surface area contributed by atoms with Gasteiger partial charge < -0.3 is 10.4 Å². The Labute approximate surface area is 149 Å². The van der Waals surface area contributed by atoms with Crippen molar-refractivity contribution < 1.29 is 23.1 Å². The molecule has 0 radical (unpaired) electrons. The summed E-state index contributed by atoms with van der Waals surface area (Å²) >= 11 is 0. The topological polar surface area (TPSA) is 104 Å². The highest BCUT2D eigenvalue weighted by Crippen LogP contribution is 2.16. The number of carbonyl (C=O) groups excluding carboxylic acids is 1. The van der Waals surface area contributed by atoms with Crippen molar-refractivity contribution in [3.05, 3.63) is 29.8 Å². The third-order valence-corrected chi connectivity index (χ3v) is 5.83. The molecule has 0 aliphatic carbocycles. The lowest BCUT2D eigenvalue weighted by molar-refractivity contribution is -0.139. The van der Waals surface area contributed by atoms with Gasteiger partial charge in [-0.25, -0.2) is 13.2 Å². The summed E-state index contributed by atoms with van der Waals surface area (Å²) in [6, 6.07) is 4.52. The maximum Gasteiger partial charge on any atom is 0.326 e. The van der Waals surface area contributed by atoms with Gasteiger partial charge in [0.25, 0.3) is 5.91 Å². The molecule has 0 aromatic heterocycles. The van der Waals surface area contributed by atoms with Crippen LogP contribution in [0.5, 0.6) is 0 Å². The summed E-state index contributed by atoms with van der Waals surface area (Å²) < 4.78 is 26.1. The van der Waals surface area contributed by atoms with E-state index in [0.29, 0.717) is 19.5 Å². The first kappa shape index (κ1) is 21.1. The van der Waals surface area contributed by atoms with Crippen molar-refractivity contribution in [3.63, 3.8) is 0 Å². The normalized spacial score (nSPS) is 13.0. The van der Waals surface area contributed by atoms with Crippen molar-refractivity contribution in [3.8, 4) is 0 Å². The highest BCUT2D eigenvalue weighted by atomic mass is 32.2. The van der Waals surface area contributed by atoms with Crippen LogP contribution in [-0.4, -0.2) is 48.8 Å². The molecule has 0 fully saturated rings. The van der Waals surface area contributed by atoms with E-state index in [1.807, 2.05) is 13.8 Å². The lowest BCUT2D eigenvalue weighted by atomic mass is 10.0. The summed E-state index contributed by atoms with van der Waals surface area (Å²) in [6.07, 6.45) is 0.315. The molecule has 1 rings (SSSR count). The number of carbonyl (C=O) groups is 2. The molecular formula is C17H26N2O5S. The van der Waals surface area contributed by atoms with E-state index in [1.54, 1.807) is 13.8 Å². The molecule has 140 valence electrons. The van der Waals surface area contributed by atoms with Gasteiger partial charge in [0.05, 0.1) is 4.90 Å². The number of nitrogens with zero attached hydrogens (tertiary/aromatic N) is 1. The van der Waals surface area contributed by atoms with E-state index in [9.17, 15) is 23.1 Å². The third kappa shape index (κ3) is 5.54. The minimum absolute atomic E-state index is 0.102. The molecule has 0 aliphatic heterocycles. The standard InChI is InChI=1S/C17H26N2O5S/c1-5-19(6-2)25(23,24)14-9-7-13(8-10-14)16(20)18-15(17(21)22)11-12(3)4/h7-10,12,15H,5-6,11H2,1-4H3,(H,18,20)(H,21,22)/t15-/m1/s1. The van der Waals surface area contributed by atoms with E-state index in [0.717, 1.165) is 0 Å². The van der Waals surface area contributed by atoms with Crippen molar-refractivity contribution in [1.82, 2.24) is 9.62 Å². The molecule has 1 atom stereocenters. The molecule has 25 heavy (non-hydrogen) atoms. The van der Waals surface area contributed by atoms with E-state index in [-0.39, 0.29) is 16.4 Å². The van der Waals surface area contributed by atoms with Gasteiger partial charge in [-0.05, 0) is 36.6 Å². The largest absolute Gasteiger partial charge is 0.480 e. The van der Waals surface area contributed by atoms with Gasteiger partial charge in [-0.2, -0.15) is 4.31 Å². The second-order valence-corrected chi connectivity index (χ2v) is 8.05. The Morgan fingerprint density at radius 1 is 1.12 bits per heavy atom. The predicted molar refractivity (Wildman–Crippen MR) is 94.9 cm³/mol. The van der Waals surface area contributed by atoms with Crippen molar-refractivity contribution in [2.24, 2.45) is 5.92 Å². The number of nitrogens with one attached hydrogen (secondary N) is 1. The summed E-state index contributed by atoms with van der Waals surface area (Å²) in [5.74, 6) is -1.52. The Kier molecular flexibility index (Phi) is 7.57. The molecule has 7 nitrogen and oxygen atoms in total. The van der Waals surface area contributed by atoms with Crippen LogP contribution in [0.2, 0.25) is 0 Å². The molecular weight excluding hydrogens is 344 g/mol. The fourth-order valence-electron chi connectivity index (χ4n) is 2.43. The Morgan fingerprint density at radius 3 is 2.04 bits per heavy atom. The molecule has 0 unspecified atom stereocenters. The number of hydrogen-bond acceptors (Lipinski definition) is 4. The van der Waals surface area contributed by atoms with Gasteiger partial charge >= 0.3 is 5.97 Å². The van der Waals surface area contributed by atoms with Gasteiger partial charge in [-0.1, -0.05) is 27.7 Å². The maximum absolute atomic E-state index is 12.4. The van der Waals surface area contributed by atoms with Crippen LogP contribution in [0.3, 0.4) is 0 Å². The average Bonchev–Trinajstić information content (AvgIpc) is 2.54. The fraction of sp³-hybridized carbons (Fsp3) is 0.529. The van der Waals surface area contributed by atoms with Crippen LogP contribution < -0.4 is 5.32 Å². The number of rotatable bonds is 9. The highest BCUT2D eigenvalue weighted by molar-refractivity contribution is 7.89. The summed E-state index contributed by atoms with van der Waals surface area (Å²) in [6.45, 7) is 7.96. The smallest absolute Gasteiger partial charge is 0.326 e. The number of amides is 1. The summed E-state index contributed by atoms with van der Waals surface area (Å²) in [4.78, 5) is 23.5. The molecule has 8 heteroatoms. The number of carboxylic acid groups (broad SMARTS) is 1. The minimum Gasteiger partial charge on any atom is -0.480 e. The van der Waals surface area contributed by atoms with Crippen LogP contribution in [0.25, 0.3) is 0 Å². The predicted octanol–water partition coefficient (Wildman–Crippen LogP) is 1.95. The zero-order chi connectivity index (χ0) is 19.2. The molecule has 1 amide bonds. The molecule has 0 saturated carbocycles. The number of sulfonamides is 1. The molecule has 0 aliphatic rings. The Balaban J connectivity index is 2.95. The van der Waals surface area contributed by atoms with Crippen LogP contribution >= 0.6 is 0 Å². The average molecular weight is 370 g/mol. The SMILES string of the molecule is CCN(CC)S(=O)(=O)c1ccc(C(=O)N[C@H](CC(C)C)C(=O)O)cc1. The minimum atomic E-state index is -3.59. The van der Waals surface area contributed by atoms with Crippen LogP contribution in [0, 0.1) is 5.92 Å². The lowest BCUT2D eigenvalue weighted by Crippen LogP contribution is -2.41. The number of benzene rings is 1.